The second kappa shape index (κ2) is 9.06. The number of hydrogen-bond donors (Lipinski definition) is 1. The molecule has 30 heavy (non-hydrogen) atoms. The van der Waals surface area contributed by atoms with Crippen LogP contribution in [0.5, 0.6) is 0 Å². The van der Waals surface area contributed by atoms with Crippen molar-refractivity contribution in [3.8, 4) is 0 Å². The minimum absolute atomic E-state index is 0.0887. The largest absolute Gasteiger partial charge is 0.342 e. The van der Waals surface area contributed by atoms with Gasteiger partial charge in [-0.2, -0.15) is 0 Å². The highest BCUT2D eigenvalue weighted by atomic mass is 32.2. The number of sulfonamides is 1. The fourth-order valence-corrected chi connectivity index (χ4v) is 5.53. The molecule has 1 aromatic carbocycles. The average Bonchev–Trinajstić information content (AvgIpc) is 2.73. The summed E-state index contributed by atoms with van der Waals surface area (Å²) in [5.41, 5.74) is -0.445. The molecule has 1 unspecified atom stereocenters. The van der Waals surface area contributed by atoms with Gasteiger partial charge >= 0.3 is 0 Å². The van der Waals surface area contributed by atoms with Crippen molar-refractivity contribution in [1.82, 2.24) is 14.5 Å². The third-order valence-corrected chi connectivity index (χ3v) is 7.42. The van der Waals surface area contributed by atoms with Crippen LogP contribution in [0, 0.1) is 11.3 Å². The van der Waals surface area contributed by atoms with Crippen molar-refractivity contribution >= 4 is 21.8 Å². The van der Waals surface area contributed by atoms with E-state index in [0.29, 0.717) is 39.0 Å². The molecule has 2 heterocycles. The fourth-order valence-electron chi connectivity index (χ4n) is 4.20. The summed E-state index contributed by atoms with van der Waals surface area (Å²) in [4.78, 5) is 29.5. The maximum atomic E-state index is 13.0. The third-order valence-electron chi connectivity index (χ3n) is 5.88. The highest BCUT2D eigenvalue weighted by molar-refractivity contribution is 7.89. The van der Waals surface area contributed by atoms with E-state index in [1.807, 2.05) is 30.6 Å². The van der Waals surface area contributed by atoms with Crippen LogP contribution in [0.3, 0.4) is 0 Å². The first kappa shape index (κ1) is 22.7. The Hall–Kier alpha value is -1.93. The summed E-state index contributed by atoms with van der Waals surface area (Å²) >= 11 is 0. The predicted octanol–water partition coefficient (Wildman–Crippen LogP) is 2.24. The quantitative estimate of drug-likeness (QED) is 0.786. The number of carbonyl (C=O) groups excluding carboxylic acids is 2. The van der Waals surface area contributed by atoms with Crippen LogP contribution in [-0.2, 0) is 19.6 Å². The Balaban J connectivity index is 1.53. The van der Waals surface area contributed by atoms with Gasteiger partial charge in [0.15, 0.2) is 0 Å². The van der Waals surface area contributed by atoms with E-state index >= 15 is 0 Å². The van der Waals surface area contributed by atoms with Crippen LogP contribution in [0.1, 0.15) is 46.5 Å². The molecule has 3 rings (SSSR count). The first-order valence-electron chi connectivity index (χ1n) is 10.7. The van der Waals surface area contributed by atoms with Gasteiger partial charge in [0.1, 0.15) is 0 Å². The SMILES string of the molecule is CC(C)(C)C(=O)N1CCCC(C(=O)N2CCC(NS(=O)(=O)c3ccccc3)CC2)C1. The van der Waals surface area contributed by atoms with Gasteiger partial charge in [-0.05, 0) is 37.8 Å². The van der Waals surface area contributed by atoms with Crippen molar-refractivity contribution in [2.24, 2.45) is 11.3 Å². The Morgan fingerprint density at radius 2 is 1.60 bits per heavy atom. The van der Waals surface area contributed by atoms with Gasteiger partial charge in [-0.1, -0.05) is 39.0 Å². The van der Waals surface area contributed by atoms with Crippen LogP contribution in [0.4, 0.5) is 0 Å². The van der Waals surface area contributed by atoms with Gasteiger partial charge in [-0.3, -0.25) is 9.59 Å². The first-order chi connectivity index (χ1) is 14.1. The zero-order valence-electron chi connectivity index (χ0n) is 18.1. The van der Waals surface area contributed by atoms with E-state index in [-0.39, 0.29) is 28.7 Å². The van der Waals surface area contributed by atoms with Crippen LogP contribution >= 0.6 is 0 Å². The molecule has 166 valence electrons. The number of nitrogens with zero attached hydrogens (tertiary/aromatic N) is 2. The number of rotatable bonds is 4. The van der Waals surface area contributed by atoms with Crippen LogP contribution in [0.2, 0.25) is 0 Å². The van der Waals surface area contributed by atoms with Crippen LogP contribution in [0.25, 0.3) is 0 Å². The average molecular weight is 436 g/mol. The summed E-state index contributed by atoms with van der Waals surface area (Å²) in [5, 5.41) is 0. The smallest absolute Gasteiger partial charge is 0.240 e. The second-order valence-corrected chi connectivity index (χ2v) is 11.1. The Morgan fingerprint density at radius 3 is 2.20 bits per heavy atom. The number of hydrogen-bond acceptors (Lipinski definition) is 4. The van der Waals surface area contributed by atoms with Crippen molar-refractivity contribution in [2.45, 2.75) is 57.4 Å². The normalized spacial score (nSPS) is 21.5. The van der Waals surface area contributed by atoms with Gasteiger partial charge in [0.05, 0.1) is 10.8 Å². The van der Waals surface area contributed by atoms with E-state index in [1.165, 1.54) is 0 Å². The molecular formula is C22H33N3O4S. The molecule has 0 saturated carbocycles. The summed E-state index contributed by atoms with van der Waals surface area (Å²) < 4.78 is 27.8. The van der Waals surface area contributed by atoms with Gasteiger partial charge in [0.2, 0.25) is 21.8 Å². The lowest BCUT2D eigenvalue weighted by Crippen LogP contribution is -2.52. The molecule has 2 fully saturated rings. The highest BCUT2D eigenvalue weighted by Crippen LogP contribution is 2.26. The molecule has 1 aromatic rings. The minimum atomic E-state index is -3.55. The van der Waals surface area contributed by atoms with E-state index < -0.39 is 15.4 Å². The summed E-state index contributed by atoms with van der Waals surface area (Å²) in [6.07, 6.45) is 2.82. The molecule has 2 saturated heterocycles. The van der Waals surface area contributed by atoms with Gasteiger partial charge < -0.3 is 9.80 Å². The van der Waals surface area contributed by atoms with Crippen molar-refractivity contribution in [2.75, 3.05) is 26.2 Å². The molecule has 7 nitrogen and oxygen atoms in total. The van der Waals surface area contributed by atoms with Crippen LogP contribution < -0.4 is 4.72 Å². The number of carbonyl (C=O) groups is 2. The Kier molecular flexibility index (Phi) is 6.87. The number of benzene rings is 1. The molecule has 8 heteroatoms. The van der Waals surface area contributed by atoms with Crippen molar-refractivity contribution in [3.63, 3.8) is 0 Å². The molecule has 2 amide bonds. The molecule has 0 aromatic heterocycles. The Morgan fingerprint density at radius 1 is 0.967 bits per heavy atom. The van der Waals surface area contributed by atoms with Crippen LogP contribution in [-0.4, -0.2) is 62.3 Å². The molecule has 0 aliphatic carbocycles. The van der Waals surface area contributed by atoms with Gasteiger partial charge in [0.25, 0.3) is 0 Å². The lowest BCUT2D eigenvalue weighted by atomic mass is 9.90. The van der Waals surface area contributed by atoms with Crippen molar-refractivity contribution < 1.29 is 18.0 Å². The molecule has 0 spiro atoms. The third kappa shape index (κ3) is 5.40. The maximum absolute atomic E-state index is 13.0. The van der Waals surface area contributed by atoms with E-state index in [9.17, 15) is 18.0 Å². The molecule has 0 bridgehead atoms. The summed E-state index contributed by atoms with van der Waals surface area (Å²) in [6, 6.07) is 8.17. The number of piperidine rings is 2. The Labute approximate surface area is 179 Å². The van der Waals surface area contributed by atoms with Gasteiger partial charge in [0, 0.05) is 37.6 Å². The Bertz CT molecular complexity index is 856. The number of amides is 2. The minimum Gasteiger partial charge on any atom is -0.342 e. The topological polar surface area (TPSA) is 86.8 Å². The fraction of sp³-hybridized carbons (Fsp3) is 0.636. The molecule has 2 aliphatic heterocycles. The summed E-state index contributed by atoms with van der Waals surface area (Å²) in [6.45, 7) is 7.97. The standard InChI is InChI=1S/C22H33N3O4S/c1-22(2,3)21(27)25-13-7-8-17(16-25)20(26)24-14-11-18(12-15-24)23-30(28,29)19-9-5-4-6-10-19/h4-6,9-10,17-18,23H,7-8,11-16H2,1-3H3. The predicted molar refractivity (Wildman–Crippen MR) is 115 cm³/mol. The van der Waals surface area contributed by atoms with Crippen molar-refractivity contribution in [3.05, 3.63) is 30.3 Å². The lowest BCUT2D eigenvalue weighted by Gasteiger charge is -2.39. The molecule has 1 atom stereocenters. The van der Waals surface area contributed by atoms with E-state index in [1.54, 1.807) is 30.3 Å². The molecule has 2 aliphatic rings. The first-order valence-corrected chi connectivity index (χ1v) is 12.2. The van der Waals surface area contributed by atoms with Crippen LogP contribution in [0.15, 0.2) is 35.2 Å². The zero-order chi connectivity index (χ0) is 21.9. The van der Waals surface area contributed by atoms with E-state index in [2.05, 4.69) is 4.72 Å². The highest BCUT2D eigenvalue weighted by Gasteiger charge is 2.36. The maximum Gasteiger partial charge on any atom is 0.240 e. The monoisotopic (exact) mass is 435 g/mol. The molecule has 0 radical (unpaired) electrons. The number of likely N-dealkylation sites (tertiary alicyclic amines) is 2. The van der Waals surface area contributed by atoms with Gasteiger partial charge in [-0.15, -0.1) is 0 Å². The molecule has 1 N–H and O–H groups in total. The molecular weight excluding hydrogens is 402 g/mol. The summed E-state index contributed by atoms with van der Waals surface area (Å²) in [7, 11) is -3.55. The zero-order valence-corrected chi connectivity index (χ0v) is 19.0. The summed E-state index contributed by atoms with van der Waals surface area (Å²) in [5.74, 6) is 0.0161. The second-order valence-electron chi connectivity index (χ2n) is 9.37. The number of nitrogens with one attached hydrogen (secondary N) is 1. The van der Waals surface area contributed by atoms with E-state index in [0.717, 1.165) is 12.8 Å². The lowest BCUT2D eigenvalue weighted by molar-refractivity contribution is -0.145. The van der Waals surface area contributed by atoms with Crippen molar-refractivity contribution in [1.29, 1.82) is 0 Å². The van der Waals surface area contributed by atoms with Gasteiger partial charge in [-0.25, -0.2) is 13.1 Å². The van der Waals surface area contributed by atoms with E-state index in [4.69, 9.17) is 0 Å².